The molecule has 2 aromatic carbocycles. The van der Waals surface area contributed by atoms with Gasteiger partial charge in [-0.05, 0) is 34.4 Å². The molecule has 0 saturated carbocycles. The van der Waals surface area contributed by atoms with Gasteiger partial charge < -0.3 is 5.11 Å². The summed E-state index contributed by atoms with van der Waals surface area (Å²) in [6, 6.07) is 16.5. The number of hydrogen-bond donors (Lipinski definition) is 1. The predicted molar refractivity (Wildman–Crippen MR) is 111 cm³/mol. The van der Waals surface area contributed by atoms with Gasteiger partial charge in [-0.15, -0.1) is 0 Å². The summed E-state index contributed by atoms with van der Waals surface area (Å²) in [6.45, 7) is 15.8. The standard InChI is InChI=1S/C23H32O.CH4/c1-21(2,3)16-22(4,5)18-13-14-20(24)19(15-18)23(6,7)17-11-9-8-10-12-17;/h8-15,24H,16H2,1-7H3;1H4. The molecule has 1 N–H and O–H groups in total. The van der Waals surface area contributed by atoms with Gasteiger partial charge in [0, 0.05) is 11.0 Å². The smallest absolute Gasteiger partial charge is 0.119 e. The Morgan fingerprint density at radius 1 is 0.760 bits per heavy atom. The van der Waals surface area contributed by atoms with Gasteiger partial charge in [-0.3, -0.25) is 0 Å². The monoisotopic (exact) mass is 340 g/mol. The number of benzene rings is 2. The first kappa shape index (κ1) is 21.3. The molecule has 2 rings (SSSR count). The zero-order chi connectivity index (χ0) is 18.2. The van der Waals surface area contributed by atoms with Crippen molar-refractivity contribution < 1.29 is 5.11 Å². The SMILES string of the molecule is C.CC(C)(C)CC(C)(C)c1ccc(O)c(C(C)(C)c2ccccc2)c1. The first-order chi connectivity index (χ1) is 10.9. The lowest BCUT2D eigenvalue weighted by molar-refractivity contribution is 0.283. The van der Waals surface area contributed by atoms with E-state index in [-0.39, 0.29) is 23.7 Å². The summed E-state index contributed by atoms with van der Waals surface area (Å²) in [5.74, 6) is 0.374. The number of phenolic OH excluding ortho intramolecular Hbond substituents is 1. The summed E-state index contributed by atoms with van der Waals surface area (Å²) < 4.78 is 0. The van der Waals surface area contributed by atoms with Crippen LogP contribution < -0.4 is 0 Å². The number of hydrogen-bond acceptors (Lipinski definition) is 1. The van der Waals surface area contributed by atoms with Crippen LogP contribution in [0.25, 0.3) is 0 Å². The maximum absolute atomic E-state index is 10.5. The molecule has 0 aromatic heterocycles. The Bertz CT molecular complexity index is 688. The molecule has 0 heterocycles. The predicted octanol–water partition coefficient (Wildman–Crippen LogP) is 7.07. The highest BCUT2D eigenvalue weighted by atomic mass is 16.3. The van der Waals surface area contributed by atoms with E-state index >= 15 is 0 Å². The third-order valence-electron chi connectivity index (χ3n) is 4.92. The molecule has 0 aliphatic heterocycles. The maximum atomic E-state index is 10.5. The van der Waals surface area contributed by atoms with Crippen LogP contribution in [-0.4, -0.2) is 5.11 Å². The van der Waals surface area contributed by atoms with Crippen molar-refractivity contribution in [1.29, 1.82) is 0 Å². The van der Waals surface area contributed by atoms with E-state index in [1.807, 2.05) is 12.1 Å². The number of aromatic hydroxyl groups is 1. The van der Waals surface area contributed by atoms with E-state index in [9.17, 15) is 5.11 Å². The van der Waals surface area contributed by atoms with Gasteiger partial charge in [0.1, 0.15) is 5.75 Å². The zero-order valence-electron chi connectivity index (χ0n) is 16.3. The molecule has 0 amide bonds. The lowest BCUT2D eigenvalue weighted by Crippen LogP contribution is -2.26. The van der Waals surface area contributed by atoms with Crippen molar-refractivity contribution >= 4 is 0 Å². The molecule has 0 saturated heterocycles. The Kier molecular flexibility index (Phi) is 6.16. The van der Waals surface area contributed by atoms with Crippen LogP contribution in [0.4, 0.5) is 0 Å². The Hall–Kier alpha value is -1.76. The average Bonchev–Trinajstić information content (AvgIpc) is 2.45. The number of phenols is 1. The van der Waals surface area contributed by atoms with Gasteiger partial charge in [0.05, 0.1) is 0 Å². The fourth-order valence-corrected chi connectivity index (χ4v) is 3.90. The second-order valence-corrected chi connectivity index (χ2v) is 9.34. The molecule has 0 aliphatic carbocycles. The first-order valence-corrected chi connectivity index (χ1v) is 8.83. The highest BCUT2D eigenvalue weighted by molar-refractivity contribution is 5.48. The number of rotatable bonds is 4. The average molecular weight is 341 g/mol. The van der Waals surface area contributed by atoms with Crippen molar-refractivity contribution in [3.05, 3.63) is 65.2 Å². The first-order valence-electron chi connectivity index (χ1n) is 8.83. The second kappa shape index (κ2) is 7.23. The molecule has 0 atom stereocenters. The van der Waals surface area contributed by atoms with Crippen LogP contribution in [0.5, 0.6) is 5.75 Å². The minimum atomic E-state index is -0.237. The lowest BCUT2D eigenvalue weighted by Gasteiger charge is -2.35. The molecule has 25 heavy (non-hydrogen) atoms. The molecule has 0 bridgehead atoms. The molecule has 0 spiro atoms. The normalized spacial score (nSPS) is 12.6. The van der Waals surface area contributed by atoms with Gasteiger partial charge in [0.2, 0.25) is 0 Å². The Morgan fingerprint density at radius 3 is 1.84 bits per heavy atom. The molecule has 1 nitrogen and oxygen atoms in total. The molecule has 0 aliphatic rings. The Labute approximate surface area is 155 Å². The molecule has 1 heteroatoms. The summed E-state index contributed by atoms with van der Waals surface area (Å²) in [6.07, 6.45) is 1.09. The van der Waals surface area contributed by atoms with E-state index in [0.717, 1.165) is 12.0 Å². The van der Waals surface area contributed by atoms with E-state index in [2.05, 4.69) is 84.9 Å². The van der Waals surface area contributed by atoms with Crippen molar-refractivity contribution in [3.8, 4) is 5.75 Å². The van der Waals surface area contributed by atoms with Gasteiger partial charge in [-0.1, -0.05) is 98.4 Å². The van der Waals surface area contributed by atoms with Crippen molar-refractivity contribution in [3.63, 3.8) is 0 Å². The second-order valence-electron chi connectivity index (χ2n) is 9.34. The fraction of sp³-hybridized carbons (Fsp3) is 0.500. The largest absolute Gasteiger partial charge is 0.508 e. The van der Waals surface area contributed by atoms with Crippen molar-refractivity contribution in [2.45, 2.75) is 73.1 Å². The Balaban J connectivity index is 0.00000312. The maximum Gasteiger partial charge on any atom is 0.119 e. The topological polar surface area (TPSA) is 20.2 Å². The van der Waals surface area contributed by atoms with Crippen molar-refractivity contribution in [2.24, 2.45) is 5.41 Å². The van der Waals surface area contributed by atoms with Crippen molar-refractivity contribution in [1.82, 2.24) is 0 Å². The van der Waals surface area contributed by atoms with Crippen LogP contribution in [0.3, 0.4) is 0 Å². The fourth-order valence-electron chi connectivity index (χ4n) is 3.90. The van der Waals surface area contributed by atoms with E-state index in [1.165, 1.54) is 11.1 Å². The van der Waals surface area contributed by atoms with Gasteiger partial charge in [-0.25, -0.2) is 0 Å². The molecule has 0 radical (unpaired) electrons. The zero-order valence-corrected chi connectivity index (χ0v) is 16.3. The molecule has 2 aromatic rings. The highest BCUT2D eigenvalue weighted by Gasteiger charge is 2.31. The van der Waals surface area contributed by atoms with Crippen LogP contribution in [0.1, 0.15) is 79.0 Å². The summed E-state index contributed by atoms with van der Waals surface area (Å²) in [5.41, 5.74) is 3.58. The van der Waals surface area contributed by atoms with Crippen LogP contribution >= 0.6 is 0 Å². The van der Waals surface area contributed by atoms with Crippen LogP contribution in [0.2, 0.25) is 0 Å². The third kappa shape index (κ3) is 4.87. The van der Waals surface area contributed by atoms with E-state index in [4.69, 9.17) is 0 Å². The molecular formula is C24H36O. The molecule has 138 valence electrons. The third-order valence-corrected chi connectivity index (χ3v) is 4.92. The molecule has 0 unspecified atom stereocenters. The quantitative estimate of drug-likeness (QED) is 0.631. The van der Waals surface area contributed by atoms with Crippen LogP contribution in [0, 0.1) is 5.41 Å². The summed E-state index contributed by atoms with van der Waals surface area (Å²) in [7, 11) is 0. The molecular weight excluding hydrogens is 304 g/mol. The minimum Gasteiger partial charge on any atom is -0.508 e. The molecule has 0 fully saturated rings. The van der Waals surface area contributed by atoms with E-state index in [1.54, 1.807) is 0 Å². The summed E-state index contributed by atoms with van der Waals surface area (Å²) in [4.78, 5) is 0. The van der Waals surface area contributed by atoms with Gasteiger partial charge in [0.25, 0.3) is 0 Å². The van der Waals surface area contributed by atoms with Crippen LogP contribution in [-0.2, 0) is 10.8 Å². The van der Waals surface area contributed by atoms with Crippen LogP contribution in [0.15, 0.2) is 48.5 Å². The summed E-state index contributed by atoms with van der Waals surface area (Å²) >= 11 is 0. The minimum absolute atomic E-state index is 0. The Morgan fingerprint density at radius 2 is 1.32 bits per heavy atom. The van der Waals surface area contributed by atoms with Gasteiger partial charge in [-0.2, -0.15) is 0 Å². The summed E-state index contributed by atoms with van der Waals surface area (Å²) in [5, 5.41) is 10.5. The van der Waals surface area contributed by atoms with Crippen molar-refractivity contribution in [2.75, 3.05) is 0 Å². The van der Waals surface area contributed by atoms with Gasteiger partial charge >= 0.3 is 0 Å². The van der Waals surface area contributed by atoms with E-state index < -0.39 is 0 Å². The highest BCUT2D eigenvalue weighted by Crippen LogP contribution is 2.42. The lowest BCUT2D eigenvalue weighted by atomic mass is 9.70. The van der Waals surface area contributed by atoms with E-state index in [0.29, 0.717) is 5.75 Å². The van der Waals surface area contributed by atoms with Gasteiger partial charge in [0.15, 0.2) is 0 Å².